The third kappa shape index (κ3) is 7.27. The molecule has 0 spiro atoms. The van der Waals surface area contributed by atoms with Crippen molar-refractivity contribution in [2.75, 3.05) is 26.6 Å². The van der Waals surface area contributed by atoms with Gasteiger partial charge in [-0.2, -0.15) is 0 Å². The molecule has 0 bridgehead atoms. The fourth-order valence-electron chi connectivity index (χ4n) is 6.78. The highest BCUT2D eigenvalue weighted by Gasteiger charge is 2.32. The number of para-hydroxylation sites is 2. The van der Waals surface area contributed by atoms with Gasteiger partial charge in [0.15, 0.2) is 11.5 Å². The number of ether oxygens (including phenoxy) is 3. The largest absolute Gasteiger partial charge is 0.493 e. The van der Waals surface area contributed by atoms with Gasteiger partial charge in [-0.05, 0) is 71.7 Å². The predicted molar refractivity (Wildman–Crippen MR) is 196 cm³/mol. The van der Waals surface area contributed by atoms with Crippen LogP contribution in [0.2, 0.25) is 0 Å². The fourth-order valence-corrected chi connectivity index (χ4v) is 6.78. The Morgan fingerprint density at radius 1 is 0.960 bits per heavy atom. The summed E-state index contributed by atoms with van der Waals surface area (Å²) in [5.41, 5.74) is 4.75. The average molecular weight is 684 g/mol. The molecule has 3 aromatic carbocycles. The van der Waals surface area contributed by atoms with Gasteiger partial charge in [-0.1, -0.05) is 58.7 Å². The number of carbonyl (C=O) groups excluding carboxylic acids is 2. The molecular weight excluding hydrogens is 634 g/mol. The van der Waals surface area contributed by atoms with Crippen LogP contribution in [0.4, 0.5) is 5.69 Å². The van der Waals surface area contributed by atoms with Crippen molar-refractivity contribution in [1.29, 1.82) is 0 Å². The van der Waals surface area contributed by atoms with Gasteiger partial charge in [0.05, 0.1) is 50.1 Å². The number of nitrogens with one attached hydrogen (secondary N) is 4. The number of fused-ring (bicyclic) bond motifs is 4. The lowest BCUT2D eigenvalue weighted by Gasteiger charge is -2.28. The lowest BCUT2D eigenvalue weighted by molar-refractivity contribution is -0.124. The maximum absolute atomic E-state index is 14.2. The topological polar surface area (TPSA) is 144 Å². The normalized spacial score (nSPS) is 16.1. The number of aryl methyl sites for hydroxylation is 1. The van der Waals surface area contributed by atoms with E-state index < -0.39 is 12.1 Å². The number of hydrogen-bond donors (Lipinski definition) is 4. The number of nitrogens with zero attached hydrogens (tertiary/aromatic N) is 1. The summed E-state index contributed by atoms with van der Waals surface area (Å²) in [6.07, 6.45) is 2.66. The highest BCUT2D eigenvalue weighted by Crippen LogP contribution is 2.50. The first-order valence-corrected chi connectivity index (χ1v) is 17.3. The van der Waals surface area contributed by atoms with Gasteiger partial charge in [-0.15, -0.1) is 0 Å². The van der Waals surface area contributed by atoms with Crippen molar-refractivity contribution in [3.05, 3.63) is 75.7 Å². The maximum atomic E-state index is 14.2. The number of methoxy groups -OCH3 is 3. The molecule has 4 aromatic rings. The number of hydrogen-bond acceptors (Lipinski definition) is 8. The summed E-state index contributed by atoms with van der Waals surface area (Å²) >= 11 is 0. The van der Waals surface area contributed by atoms with Crippen molar-refractivity contribution in [2.24, 2.45) is 11.8 Å². The molecule has 0 saturated carbocycles. The van der Waals surface area contributed by atoms with Gasteiger partial charge in [0, 0.05) is 12.5 Å². The van der Waals surface area contributed by atoms with Crippen molar-refractivity contribution in [3.8, 4) is 28.4 Å². The summed E-state index contributed by atoms with van der Waals surface area (Å²) in [6, 6.07) is 13.3. The van der Waals surface area contributed by atoms with E-state index in [0.29, 0.717) is 53.5 Å². The zero-order chi connectivity index (χ0) is 36.1. The van der Waals surface area contributed by atoms with Crippen LogP contribution in [0.5, 0.6) is 17.2 Å². The minimum absolute atomic E-state index is 0.0914. The van der Waals surface area contributed by atoms with E-state index in [2.05, 4.69) is 34.8 Å². The van der Waals surface area contributed by atoms with Crippen LogP contribution in [-0.4, -0.2) is 49.2 Å². The van der Waals surface area contributed by atoms with E-state index in [1.54, 1.807) is 33.5 Å². The van der Waals surface area contributed by atoms with Crippen molar-refractivity contribution in [3.63, 3.8) is 0 Å². The van der Waals surface area contributed by atoms with Crippen LogP contribution in [0.1, 0.15) is 82.9 Å². The van der Waals surface area contributed by atoms with E-state index in [9.17, 15) is 14.4 Å². The van der Waals surface area contributed by atoms with Crippen molar-refractivity contribution < 1.29 is 23.8 Å². The molecule has 4 N–H and O–H groups in total. The molecule has 5 unspecified atom stereocenters. The van der Waals surface area contributed by atoms with Crippen molar-refractivity contribution in [2.45, 2.75) is 78.4 Å². The van der Waals surface area contributed by atoms with Gasteiger partial charge in [-0.3, -0.25) is 14.4 Å². The molecular formula is C39H49N5O6. The molecule has 50 heavy (non-hydrogen) atoms. The third-order valence-electron chi connectivity index (χ3n) is 9.94. The second-order valence-corrected chi connectivity index (χ2v) is 13.1. The van der Waals surface area contributed by atoms with Crippen LogP contribution < -0.4 is 35.6 Å². The third-order valence-corrected chi connectivity index (χ3v) is 9.94. The van der Waals surface area contributed by atoms with Crippen LogP contribution in [0.3, 0.4) is 0 Å². The molecule has 0 radical (unpaired) electrons. The molecule has 11 nitrogen and oxygen atoms in total. The Labute approximate surface area is 293 Å². The van der Waals surface area contributed by atoms with E-state index in [1.807, 2.05) is 50.2 Å². The van der Waals surface area contributed by atoms with E-state index >= 15 is 0 Å². The Balaban J connectivity index is 1.58. The first kappa shape index (κ1) is 36.2. The Kier molecular flexibility index (Phi) is 11.3. The lowest BCUT2D eigenvalue weighted by atomic mass is 9.95. The molecule has 1 aliphatic rings. The SMILES string of the molecule is CCC(C)C(Nc1ccc2c(cc1=O)C(NC(C)=O)CCc1cc(OC)c(OC)c(OC)c1-2)C(=O)NC(c1nc2ccccc2[nH]1)C(C)CC. The molecule has 2 amide bonds. The standard InChI is InChI=1S/C39H49N5O6/c1-9-21(3)34(38-42-28-13-11-12-14-29(28)43-38)44-39(47)35(22(4)10-2)41-30-18-16-25-26(20-31(30)46)27(40-23(5)45)17-15-24-19-32(48-6)36(49-7)37(50-8)33(24)25/h11-14,16,18-22,27,34-35H,9-10,15,17H2,1-8H3,(H,40,45)(H,41,46)(H,42,43)(H,44,47). The number of benzene rings is 2. The molecule has 5 atom stereocenters. The summed E-state index contributed by atoms with van der Waals surface area (Å²) in [6.45, 7) is 9.65. The minimum Gasteiger partial charge on any atom is -0.493 e. The molecule has 1 aliphatic carbocycles. The summed E-state index contributed by atoms with van der Waals surface area (Å²) in [4.78, 5) is 48.9. The van der Waals surface area contributed by atoms with Gasteiger partial charge in [0.2, 0.25) is 23.0 Å². The van der Waals surface area contributed by atoms with Crippen molar-refractivity contribution >= 4 is 28.5 Å². The Morgan fingerprint density at radius 3 is 2.32 bits per heavy atom. The first-order valence-electron chi connectivity index (χ1n) is 17.3. The number of aromatic amines is 1. The zero-order valence-corrected chi connectivity index (χ0v) is 30.2. The first-order chi connectivity index (χ1) is 24.0. The van der Waals surface area contributed by atoms with Gasteiger partial charge in [0.1, 0.15) is 11.9 Å². The quantitative estimate of drug-likeness (QED) is 0.126. The number of H-pyrrole nitrogens is 1. The number of carbonyl (C=O) groups is 2. The van der Waals surface area contributed by atoms with Gasteiger partial charge < -0.3 is 35.1 Å². The van der Waals surface area contributed by atoms with E-state index in [1.165, 1.54) is 6.92 Å². The molecule has 0 fully saturated rings. The van der Waals surface area contributed by atoms with E-state index in [0.717, 1.165) is 28.6 Å². The number of aromatic nitrogens is 2. The van der Waals surface area contributed by atoms with Gasteiger partial charge >= 0.3 is 0 Å². The Morgan fingerprint density at radius 2 is 1.68 bits per heavy atom. The second-order valence-electron chi connectivity index (χ2n) is 13.1. The predicted octanol–water partition coefficient (Wildman–Crippen LogP) is 6.47. The number of anilines is 1. The van der Waals surface area contributed by atoms with Crippen LogP contribution in [0, 0.1) is 11.8 Å². The fraction of sp³-hybridized carbons (Fsp3) is 0.436. The van der Waals surface area contributed by atoms with Crippen molar-refractivity contribution in [1.82, 2.24) is 20.6 Å². The maximum Gasteiger partial charge on any atom is 0.243 e. The average Bonchev–Trinajstić information content (AvgIpc) is 3.41. The summed E-state index contributed by atoms with van der Waals surface area (Å²) in [5, 5.41) is 9.63. The smallest absolute Gasteiger partial charge is 0.243 e. The molecule has 1 heterocycles. The highest BCUT2D eigenvalue weighted by atomic mass is 16.5. The molecule has 1 aromatic heterocycles. The van der Waals surface area contributed by atoms with Gasteiger partial charge in [-0.25, -0.2) is 4.98 Å². The Bertz CT molecular complexity index is 1890. The molecule has 0 saturated heterocycles. The van der Waals surface area contributed by atoms with E-state index in [4.69, 9.17) is 19.2 Å². The minimum atomic E-state index is -0.719. The molecule has 5 rings (SSSR count). The van der Waals surface area contributed by atoms with Gasteiger partial charge in [0.25, 0.3) is 0 Å². The second kappa shape index (κ2) is 15.7. The molecule has 11 heteroatoms. The number of imidazole rings is 1. The number of amides is 2. The van der Waals surface area contributed by atoms with Crippen LogP contribution in [0.25, 0.3) is 22.2 Å². The summed E-state index contributed by atoms with van der Waals surface area (Å²) in [7, 11) is 4.69. The Hall–Kier alpha value is -5.06. The monoisotopic (exact) mass is 683 g/mol. The summed E-state index contributed by atoms with van der Waals surface area (Å²) < 4.78 is 17.3. The lowest BCUT2D eigenvalue weighted by Crippen LogP contribution is -2.46. The van der Waals surface area contributed by atoms with Crippen LogP contribution in [0.15, 0.2) is 53.3 Å². The molecule has 0 aliphatic heterocycles. The van der Waals surface area contributed by atoms with E-state index in [-0.39, 0.29) is 40.8 Å². The summed E-state index contributed by atoms with van der Waals surface area (Å²) in [5.74, 6) is 1.66. The van der Waals surface area contributed by atoms with Crippen LogP contribution in [-0.2, 0) is 16.0 Å². The highest BCUT2D eigenvalue weighted by molar-refractivity contribution is 5.87. The molecule has 266 valence electrons. The van der Waals surface area contributed by atoms with Crippen LogP contribution >= 0.6 is 0 Å². The zero-order valence-electron chi connectivity index (χ0n) is 30.2. The number of rotatable bonds is 13.